The molecule has 0 fully saturated rings. The summed E-state index contributed by atoms with van der Waals surface area (Å²) in [6.45, 7) is 1.07. The Labute approximate surface area is 129 Å². The summed E-state index contributed by atoms with van der Waals surface area (Å²) >= 11 is 3.39. The van der Waals surface area contributed by atoms with Crippen LogP contribution in [-0.4, -0.2) is 21.5 Å². The van der Waals surface area contributed by atoms with E-state index < -0.39 is 0 Å². The number of rotatable bonds is 4. The molecule has 0 bridgehead atoms. The molecule has 0 spiro atoms. The van der Waals surface area contributed by atoms with Crippen LogP contribution in [0.3, 0.4) is 0 Å². The Morgan fingerprint density at radius 2 is 1.86 bits per heavy atom. The van der Waals surface area contributed by atoms with Gasteiger partial charge in [0, 0.05) is 16.7 Å². The van der Waals surface area contributed by atoms with E-state index in [4.69, 9.17) is 0 Å². The van der Waals surface area contributed by atoms with Crippen LogP contribution >= 0.6 is 15.9 Å². The highest BCUT2D eigenvalue weighted by atomic mass is 79.9. The zero-order valence-corrected chi connectivity index (χ0v) is 12.7. The van der Waals surface area contributed by atoms with E-state index in [1.54, 1.807) is 12.1 Å². The number of aromatic nitrogens is 3. The zero-order valence-electron chi connectivity index (χ0n) is 11.2. The molecule has 3 rings (SSSR count). The summed E-state index contributed by atoms with van der Waals surface area (Å²) in [6, 6.07) is 15.1. The van der Waals surface area contributed by atoms with Crippen molar-refractivity contribution in [2.75, 3.05) is 11.9 Å². The molecule has 0 aliphatic carbocycles. The van der Waals surface area contributed by atoms with Gasteiger partial charge in [-0.05, 0) is 36.4 Å². The fraction of sp³-hybridized carbons (Fsp3) is 0.133. The number of nitrogens with zero attached hydrogens (tertiary/aromatic N) is 3. The van der Waals surface area contributed by atoms with Crippen LogP contribution in [0.2, 0.25) is 0 Å². The lowest BCUT2D eigenvalue weighted by atomic mass is 10.2. The van der Waals surface area contributed by atoms with Gasteiger partial charge >= 0.3 is 0 Å². The molecule has 21 heavy (non-hydrogen) atoms. The average molecular weight is 345 g/mol. The van der Waals surface area contributed by atoms with E-state index in [2.05, 4.69) is 31.6 Å². The Balaban J connectivity index is 1.72. The predicted molar refractivity (Wildman–Crippen MR) is 86.4 cm³/mol. The van der Waals surface area contributed by atoms with Crippen molar-refractivity contribution in [1.82, 2.24) is 15.0 Å². The summed E-state index contributed by atoms with van der Waals surface area (Å²) in [5.74, 6) is 0. The highest BCUT2D eigenvalue weighted by Crippen LogP contribution is 2.13. The molecular formula is C15H13BrN4O. The minimum absolute atomic E-state index is 0.113. The van der Waals surface area contributed by atoms with Gasteiger partial charge in [-0.15, -0.1) is 5.10 Å². The normalized spacial score (nSPS) is 10.7. The van der Waals surface area contributed by atoms with Crippen molar-refractivity contribution < 1.29 is 0 Å². The summed E-state index contributed by atoms with van der Waals surface area (Å²) in [4.78, 5) is 12.2. The van der Waals surface area contributed by atoms with E-state index in [0.717, 1.165) is 10.2 Å². The van der Waals surface area contributed by atoms with Crippen LogP contribution in [0.1, 0.15) is 0 Å². The summed E-state index contributed by atoms with van der Waals surface area (Å²) in [5, 5.41) is 11.9. The Morgan fingerprint density at radius 3 is 2.67 bits per heavy atom. The quantitative estimate of drug-likeness (QED) is 0.790. The lowest BCUT2D eigenvalue weighted by Gasteiger charge is -2.07. The molecule has 0 amide bonds. The molecule has 3 aromatic rings. The lowest BCUT2D eigenvalue weighted by molar-refractivity contribution is 0.566. The van der Waals surface area contributed by atoms with E-state index >= 15 is 0 Å². The van der Waals surface area contributed by atoms with Gasteiger partial charge in [-0.25, -0.2) is 4.68 Å². The highest BCUT2D eigenvalue weighted by Gasteiger charge is 2.04. The fourth-order valence-electron chi connectivity index (χ4n) is 2.04. The van der Waals surface area contributed by atoms with Crippen molar-refractivity contribution >= 4 is 32.5 Å². The van der Waals surface area contributed by atoms with Crippen LogP contribution in [0.4, 0.5) is 5.69 Å². The monoisotopic (exact) mass is 344 g/mol. The summed E-state index contributed by atoms with van der Waals surface area (Å²) in [6.07, 6.45) is 0. The molecule has 0 aliphatic rings. The summed E-state index contributed by atoms with van der Waals surface area (Å²) < 4.78 is 2.42. The third-order valence-corrected chi connectivity index (χ3v) is 3.65. The molecule has 0 saturated carbocycles. The largest absolute Gasteiger partial charge is 0.383 e. The van der Waals surface area contributed by atoms with Gasteiger partial charge in [-0.1, -0.05) is 33.3 Å². The van der Waals surface area contributed by atoms with Crippen molar-refractivity contribution in [3.63, 3.8) is 0 Å². The van der Waals surface area contributed by atoms with Crippen molar-refractivity contribution in [1.29, 1.82) is 0 Å². The SMILES string of the molecule is O=c1c2ccccc2nnn1CCNc1ccc(Br)cc1. The van der Waals surface area contributed by atoms with E-state index in [1.165, 1.54) is 4.68 Å². The Kier molecular flexibility index (Phi) is 3.96. The number of benzene rings is 2. The van der Waals surface area contributed by atoms with Gasteiger partial charge in [0.25, 0.3) is 5.56 Å². The molecule has 2 aromatic carbocycles. The lowest BCUT2D eigenvalue weighted by Crippen LogP contribution is -2.27. The molecule has 0 saturated heterocycles. The number of fused-ring (bicyclic) bond motifs is 1. The second kappa shape index (κ2) is 6.05. The number of hydrogen-bond donors (Lipinski definition) is 1. The summed E-state index contributed by atoms with van der Waals surface area (Å²) in [7, 11) is 0. The van der Waals surface area contributed by atoms with Gasteiger partial charge in [0.15, 0.2) is 0 Å². The zero-order chi connectivity index (χ0) is 14.7. The smallest absolute Gasteiger partial charge is 0.277 e. The second-order valence-corrected chi connectivity index (χ2v) is 5.48. The molecule has 1 N–H and O–H groups in total. The number of nitrogens with one attached hydrogen (secondary N) is 1. The van der Waals surface area contributed by atoms with Gasteiger partial charge in [0.1, 0.15) is 5.52 Å². The average Bonchev–Trinajstić information content (AvgIpc) is 2.52. The van der Waals surface area contributed by atoms with Gasteiger partial charge in [-0.3, -0.25) is 4.79 Å². The third kappa shape index (κ3) is 3.11. The number of anilines is 1. The number of halogens is 1. The van der Waals surface area contributed by atoms with Crippen molar-refractivity contribution in [3.8, 4) is 0 Å². The van der Waals surface area contributed by atoms with Crippen LogP contribution in [0, 0.1) is 0 Å². The third-order valence-electron chi connectivity index (χ3n) is 3.13. The first kappa shape index (κ1) is 13.8. The maximum Gasteiger partial charge on any atom is 0.277 e. The van der Waals surface area contributed by atoms with E-state index in [0.29, 0.717) is 24.0 Å². The van der Waals surface area contributed by atoms with Crippen LogP contribution in [0.5, 0.6) is 0 Å². The predicted octanol–water partition coefficient (Wildman–Crippen LogP) is 2.67. The van der Waals surface area contributed by atoms with Crippen LogP contribution in [0.25, 0.3) is 10.9 Å². The minimum Gasteiger partial charge on any atom is -0.383 e. The topological polar surface area (TPSA) is 59.8 Å². The molecule has 0 atom stereocenters. The molecule has 5 nitrogen and oxygen atoms in total. The molecule has 1 aromatic heterocycles. The Morgan fingerprint density at radius 1 is 1.10 bits per heavy atom. The molecule has 106 valence electrons. The maximum atomic E-state index is 12.2. The van der Waals surface area contributed by atoms with Crippen LogP contribution in [0.15, 0.2) is 57.8 Å². The van der Waals surface area contributed by atoms with E-state index in [-0.39, 0.29) is 5.56 Å². The first-order valence-corrected chi connectivity index (χ1v) is 7.35. The first-order chi connectivity index (χ1) is 10.2. The molecule has 0 unspecified atom stereocenters. The Bertz CT molecular complexity index is 814. The van der Waals surface area contributed by atoms with Crippen LogP contribution < -0.4 is 10.9 Å². The maximum absolute atomic E-state index is 12.2. The molecule has 0 radical (unpaired) electrons. The Hall–Kier alpha value is -2.21. The highest BCUT2D eigenvalue weighted by molar-refractivity contribution is 9.10. The molecule has 6 heteroatoms. The molecule has 0 aliphatic heterocycles. The minimum atomic E-state index is -0.113. The van der Waals surface area contributed by atoms with Crippen molar-refractivity contribution in [3.05, 3.63) is 63.4 Å². The van der Waals surface area contributed by atoms with Gasteiger partial charge in [0.05, 0.1) is 11.9 Å². The van der Waals surface area contributed by atoms with Crippen molar-refractivity contribution in [2.24, 2.45) is 0 Å². The van der Waals surface area contributed by atoms with Crippen LogP contribution in [-0.2, 0) is 6.54 Å². The standard InChI is InChI=1S/C15H13BrN4O/c16-11-5-7-12(8-6-11)17-9-10-20-15(21)13-3-1-2-4-14(13)18-19-20/h1-8,17H,9-10H2. The number of hydrogen-bond acceptors (Lipinski definition) is 4. The van der Waals surface area contributed by atoms with Gasteiger partial charge in [0.2, 0.25) is 0 Å². The summed E-state index contributed by atoms with van der Waals surface area (Å²) in [5.41, 5.74) is 1.51. The second-order valence-electron chi connectivity index (χ2n) is 4.57. The van der Waals surface area contributed by atoms with Gasteiger partial charge in [-0.2, -0.15) is 0 Å². The van der Waals surface area contributed by atoms with Crippen molar-refractivity contribution in [2.45, 2.75) is 6.54 Å². The van der Waals surface area contributed by atoms with E-state index in [9.17, 15) is 4.79 Å². The van der Waals surface area contributed by atoms with Gasteiger partial charge < -0.3 is 5.32 Å². The first-order valence-electron chi connectivity index (χ1n) is 6.56. The fourth-order valence-corrected chi connectivity index (χ4v) is 2.31. The molecular weight excluding hydrogens is 332 g/mol. The molecule has 1 heterocycles. The van der Waals surface area contributed by atoms with E-state index in [1.807, 2.05) is 36.4 Å².